The van der Waals surface area contributed by atoms with Gasteiger partial charge in [0.25, 0.3) is 0 Å². The maximum absolute atomic E-state index is 13.0. The minimum absolute atomic E-state index is 0.178. The van der Waals surface area contributed by atoms with Crippen LogP contribution in [0.4, 0.5) is 13.2 Å². The van der Waals surface area contributed by atoms with Crippen molar-refractivity contribution in [2.45, 2.75) is 12.6 Å². The molecular weight excluding hydrogens is 437 g/mol. The first kappa shape index (κ1) is 20.3. The Kier molecular flexibility index (Phi) is 5.21. The molecule has 0 fully saturated rings. The second kappa shape index (κ2) is 7.70. The summed E-state index contributed by atoms with van der Waals surface area (Å²) in [5.41, 5.74) is 0.697. The molecular formula is C21H12ClF3N2O2S. The van der Waals surface area contributed by atoms with Crippen molar-refractivity contribution in [2.24, 2.45) is 0 Å². The lowest BCUT2D eigenvalue weighted by atomic mass is 10.1. The molecule has 152 valence electrons. The molecule has 0 aliphatic heterocycles. The molecule has 2 aromatic heterocycles. The van der Waals surface area contributed by atoms with Crippen LogP contribution in [0.25, 0.3) is 21.3 Å². The van der Waals surface area contributed by atoms with E-state index in [0.29, 0.717) is 23.2 Å². The van der Waals surface area contributed by atoms with E-state index in [1.54, 1.807) is 18.2 Å². The third-order valence-electron chi connectivity index (χ3n) is 4.42. The number of carboxylic acids is 1. The Morgan fingerprint density at radius 2 is 1.83 bits per heavy atom. The van der Waals surface area contributed by atoms with Crippen LogP contribution in [0.5, 0.6) is 0 Å². The Bertz CT molecular complexity index is 1270. The zero-order valence-corrected chi connectivity index (χ0v) is 16.6. The fraction of sp³-hybridized carbons (Fsp3) is 0.0952. The molecule has 30 heavy (non-hydrogen) atoms. The molecule has 0 saturated carbocycles. The molecule has 4 rings (SSSR count). The number of benzene rings is 2. The van der Waals surface area contributed by atoms with Crippen LogP contribution in [0.1, 0.15) is 26.5 Å². The van der Waals surface area contributed by atoms with Crippen molar-refractivity contribution in [1.29, 1.82) is 0 Å². The fourth-order valence-corrected chi connectivity index (χ4v) is 4.53. The van der Waals surface area contributed by atoms with Gasteiger partial charge in [0, 0.05) is 21.6 Å². The lowest BCUT2D eigenvalue weighted by molar-refractivity contribution is -0.137. The maximum atomic E-state index is 13.0. The third-order valence-corrected chi connectivity index (χ3v) is 5.77. The van der Waals surface area contributed by atoms with Gasteiger partial charge >= 0.3 is 12.1 Å². The van der Waals surface area contributed by atoms with E-state index in [-0.39, 0.29) is 11.0 Å². The van der Waals surface area contributed by atoms with Crippen LogP contribution in [-0.4, -0.2) is 21.0 Å². The lowest BCUT2D eigenvalue weighted by Gasteiger charge is -2.08. The molecule has 9 heteroatoms. The van der Waals surface area contributed by atoms with Crippen LogP contribution in [0.15, 0.2) is 54.6 Å². The molecule has 2 heterocycles. The zero-order valence-electron chi connectivity index (χ0n) is 15.1. The summed E-state index contributed by atoms with van der Waals surface area (Å²) in [7, 11) is 0. The number of hydrogen-bond acceptors (Lipinski definition) is 4. The number of aromatic nitrogens is 2. The van der Waals surface area contributed by atoms with Crippen molar-refractivity contribution in [3.63, 3.8) is 0 Å². The van der Waals surface area contributed by atoms with E-state index < -0.39 is 17.7 Å². The average molecular weight is 449 g/mol. The number of carboxylic acid groups (broad SMARTS) is 1. The Balaban J connectivity index is 1.74. The van der Waals surface area contributed by atoms with Crippen LogP contribution < -0.4 is 0 Å². The first-order valence-corrected chi connectivity index (χ1v) is 9.86. The summed E-state index contributed by atoms with van der Waals surface area (Å²) in [5.74, 6) is -1.22. The van der Waals surface area contributed by atoms with Gasteiger partial charge in [0.15, 0.2) is 5.69 Å². The standard InChI is InChI=1S/C21H12ClF3N2O2S/c22-20-26-16(10-17(27-20)19(28)29)15-6-2-4-12-9-14(30-18(12)15)8-11-3-1-5-13(7-11)21(23,24)25/h1-7,9-10H,8H2,(H,28,29). The number of alkyl halides is 3. The second-order valence-electron chi connectivity index (χ2n) is 6.52. The molecule has 0 saturated heterocycles. The van der Waals surface area contributed by atoms with Gasteiger partial charge in [-0.15, -0.1) is 11.3 Å². The Morgan fingerprint density at radius 1 is 1.07 bits per heavy atom. The Hall–Kier alpha value is -2.97. The van der Waals surface area contributed by atoms with Gasteiger partial charge in [0.2, 0.25) is 5.28 Å². The van der Waals surface area contributed by atoms with Crippen LogP contribution >= 0.6 is 22.9 Å². The normalized spacial score (nSPS) is 11.7. The summed E-state index contributed by atoms with van der Waals surface area (Å²) in [6.45, 7) is 0. The number of hydrogen-bond donors (Lipinski definition) is 1. The maximum Gasteiger partial charge on any atom is 0.416 e. The van der Waals surface area contributed by atoms with Crippen molar-refractivity contribution in [1.82, 2.24) is 9.97 Å². The number of rotatable bonds is 4. The molecule has 1 N–H and O–H groups in total. The minimum Gasteiger partial charge on any atom is -0.477 e. The third kappa shape index (κ3) is 4.15. The van der Waals surface area contributed by atoms with E-state index >= 15 is 0 Å². The van der Waals surface area contributed by atoms with Crippen molar-refractivity contribution in [2.75, 3.05) is 0 Å². The highest BCUT2D eigenvalue weighted by Gasteiger charge is 2.30. The molecule has 0 unspecified atom stereocenters. The van der Waals surface area contributed by atoms with Crippen LogP contribution in [0.3, 0.4) is 0 Å². The predicted octanol–water partition coefficient (Wildman–Crippen LogP) is 6.32. The molecule has 0 radical (unpaired) electrons. The number of fused-ring (bicyclic) bond motifs is 1. The largest absolute Gasteiger partial charge is 0.477 e. The van der Waals surface area contributed by atoms with Crippen molar-refractivity contribution < 1.29 is 23.1 Å². The SMILES string of the molecule is O=C(O)c1cc(-c2cccc3cc(Cc4cccc(C(F)(F)F)c4)sc23)nc(Cl)n1. The Labute approximate surface area is 177 Å². The molecule has 0 bridgehead atoms. The molecule has 4 aromatic rings. The first-order valence-electron chi connectivity index (χ1n) is 8.66. The zero-order chi connectivity index (χ0) is 21.5. The molecule has 0 aliphatic rings. The van der Waals surface area contributed by atoms with E-state index in [9.17, 15) is 23.1 Å². The predicted molar refractivity (Wildman–Crippen MR) is 109 cm³/mol. The van der Waals surface area contributed by atoms with Gasteiger partial charge in [-0.1, -0.05) is 36.4 Å². The van der Waals surface area contributed by atoms with E-state index in [4.69, 9.17) is 11.6 Å². The number of aromatic carboxylic acids is 1. The number of carbonyl (C=O) groups is 1. The Morgan fingerprint density at radius 3 is 2.57 bits per heavy atom. The van der Waals surface area contributed by atoms with Gasteiger partial charge in [-0.25, -0.2) is 14.8 Å². The van der Waals surface area contributed by atoms with E-state index in [2.05, 4.69) is 9.97 Å². The number of thiophene rings is 1. The van der Waals surface area contributed by atoms with Gasteiger partial charge in [-0.2, -0.15) is 13.2 Å². The summed E-state index contributed by atoms with van der Waals surface area (Å²) in [6, 6.07) is 14.0. The van der Waals surface area contributed by atoms with Crippen LogP contribution in [0, 0.1) is 0 Å². The summed E-state index contributed by atoms with van der Waals surface area (Å²) in [4.78, 5) is 20.0. The summed E-state index contributed by atoms with van der Waals surface area (Å²) < 4.78 is 39.8. The summed E-state index contributed by atoms with van der Waals surface area (Å²) in [6.07, 6.45) is -4.05. The highest BCUT2D eigenvalue weighted by Crippen LogP contribution is 2.36. The summed E-state index contributed by atoms with van der Waals surface area (Å²) in [5, 5.41) is 9.92. The van der Waals surface area contributed by atoms with Gasteiger partial charge in [0.05, 0.1) is 11.3 Å². The van der Waals surface area contributed by atoms with E-state index in [1.807, 2.05) is 12.1 Å². The first-order chi connectivity index (χ1) is 14.2. The smallest absolute Gasteiger partial charge is 0.416 e. The van der Waals surface area contributed by atoms with Crippen LogP contribution in [-0.2, 0) is 12.6 Å². The average Bonchev–Trinajstić information content (AvgIpc) is 3.09. The highest BCUT2D eigenvalue weighted by atomic mass is 35.5. The van der Waals surface area contributed by atoms with Crippen molar-refractivity contribution in [3.05, 3.63) is 81.6 Å². The monoisotopic (exact) mass is 448 g/mol. The number of halogens is 4. The molecule has 0 aliphatic carbocycles. The van der Waals surface area contributed by atoms with E-state index in [1.165, 1.54) is 23.5 Å². The van der Waals surface area contributed by atoms with Crippen LogP contribution in [0.2, 0.25) is 5.28 Å². The minimum atomic E-state index is -4.39. The number of nitrogens with zero attached hydrogens (tertiary/aromatic N) is 2. The van der Waals surface area contributed by atoms with E-state index in [0.717, 1.165) is 27.1 Å². The van der Waals surface area contributed by atoms with Gasteiger partial charge in [0.1, 0.15) is 0 Å². The van der Waals surface area contributed by atoms with Crippen molar-refractivity contribution >= 4 is 39.0 Å². The molecule has 0 amide bonds. The fourth-order valence-electron chi connectivity index (χ4n) is 3.13. The molecule has 0 atom stereocenters. The van der Waals surface area contributed by atoms with Gasteiger partial charge in [-0.05, 0) is 40.7 Å². The lowest BCUT2D eigenvalue weighted by Crippen LogP contribution is -2.05. The highest BCUT2D eigenvalue weighted by molar-refractivity contribution is 7.19. The molecule has 2 aromatic carbocycles. The topological polar surface area (TPSA) is 63.1 Å². The van der Waals surface area contributed by atoms with Gasteiger partial charge in [-0.3, -0.25) is 0 Å². The quantitative estimate of drug-likeness (QED) is 0.371. The van der Waals surface area contributed by atoms with Gasteiger partial charge < -0.3 is 5.11 Å². The molecule has 4 nitrogen and oxygen atoms in total. The second-order valence-corrected chi connectivity index (χ2v) is 8.00. The van der Waals surface area contributed by atoms with Crippen molar-refractivity contribution in [3.8, 4) is 11.3 Å². The molecule has 0 spiro atoms. The summed E-state index contributed by atoms with van der Waals surface area (Å²) >= 11 is 7.30.